The van der Waals surface area contributed by atoms with Crippen LogP contribution in [-0.4, -0.2) is 48.6 Å². The Hall–Kier alpha value is -1.86. The molecule has 0 bridgehead atoms. The van der Waals surface area contributed by atoms with Gasteiger partial charge in [0.15, 0.2) is 11.6 Å². The minimum atomic E-state index is -0.319. The van der Waals surface area contributed by atoms with Gasteiger partial charge < -0.3 is 19.7 Å². The van der Waals surface area contributed by atoms with E-state index in [4.69, 9.17) is 19.7 Å². The Morgan fingerprint density at radius 3 is 1.56 bits per heavy atom. The summed E-state index contributed by atoms with van der Waals surface area (Å²) in [5.74, 6) is -0.481. The maximum atomic E-state index is 11.7. The van der Waals surface area contributed by atoms with Crippen molar-refractivity contribution in [3.05, 3.63) is 47.6 Å². The van der Waals surface area contributed by atoms with Crippen LogP contribution < -0.4 is 0 Å². The summed E-state index contributed by atoms with van der Waals surface area (Å²) < 4.78 is 9.66. The van der Waals surface area contributed by atoms with Crippen LogP contribution in [0.5, 0.6) is 0 Å². The first-order valence-corrected chi connectivity index (χ1v) is 8.06. The van der Waals surface area contributed by atoms with Crippen LogP contribution in [0.3, 0.4) is 0 Å². The van der Waals surface area contributed by atoms with Gasteiger partial charge in [0.25, 0.3) is 0 Å². The fraction of sp³-hybridized carbons (Fsp3) is 0.474. The Morgan fingerprint density at radius 2 is 1.20 bits per heavy atom. The molecule has 25 heavy (non-hydrogen) atoms. The summed E-state index contributed by atoms with van der Waals surface area (Å²) in [4.78, 5) is 23.3. The fourth-order valence-electron chi connectivity index (χ4n) is 1.76. The van der Waals surface area contributed by atoms with Crippen LogP contribution in [0.15, 0.2) is 47.6 Å². The van der Waals surface area contributed by atoms with Gasteiger partial charge in [0.05, 0.1) is 19.6 Å². The first-order valence-electron chi connectivity index (χ1n) is 8.06. The molecular formula is C19H28O6. The van der Waals surface area contributed by atoms with E-state index in [1.54, 1.807) is 12.2 Å². The highest BCUT2D eigenvalue weighted by atomic mass is 16.6. The van der Waals surface area contributed by atoms with Crippen molar-refractivity contribution in [3.63, 3.8) is 0 Å². The smallest absolute Gasteiger partial charge is 0.163 e. The molecular weight excluding hydrogens is 324 g/mol. The molecule has 0 unspecified atom stereocenters. The molecule has 0 saturated heterocycles. The quantitative estimate of drug-likeness (QED) is 0.215. The summed E-state index contributed by atoms with van der Waals surface area (Å²) in [6.07, 6.45) is 10.9. The Labute approximate surface area is 149 Å². The number of allylic oxidation sites excluding steroid dienone is 6. The lowest BCUT2D eigenvalue weighted by Gasteiger charge is -1.99. The van der Waals surface area contributed by atoms with E-state index in [0.29, 0.717) is 26.1 Å². The van der Waals surface area contributed by atoms with Crippen LogP contribution >= 0.6 is 0 Å². The average Bonchev–Trinajstić information content (AvgIpc) is 2.58. The van der Waals surface area contributed by atoms with E-state index in [1.807, 2.05) is 26.0 Å². The van der Waals surface area contributed by atoms with E-state index in [0.717, 1.165) is 11.1 Å². The third-order valence-corrected chi connectivity index (χ3v) is 3.00. The average molecular weight is 352 g/mol. The van der Waals surface area contributed by atoms with Gasteiger partial charge in [-0.15, -0.1) is 0 Å². The van der Waals surface area contributed by atoms with Gasteiger partial charge in [-0.2, -0.15) is 0 Å². The first kappa shape index (κ1) is 23.1. The zero-order chi connectivity index (χ0) is 18.9. The molecule has 0 aromatic carbocycles. The lowest BCUT2D eigenvalue weighted by Crippen LogP contribution is -2.02. The molecule has 0 amide bonds. The second-order valence-corrected chi connectivity index (χ2v) is 5.44. The summed E-state index contributed by atoms with van der Waals surface area (Å²) in [5, 5.41) is 17.0. The largest absolute Gasteiger partial charge is 0.371 e. The number of rotatable bonds is 14. The first-order chi connectivity index (χ1) is 12.0. The topological polar surface area (TPSA) is 93.1 Å². The van der Waals surface area contributed by atoms with Gasteiger partial charge in [-0.25, -0.2) is 0 Å². The second-order valence-electron chi connectivity index (χ2n) is 5.44. The Bertz CT molecular complexity index is 468. The predicted octanol–water partition coefficient (Wildman–Crippen LogP) is 2.23. The molecule has 0 saturated carbocycles. The van der Waals surface area contributed by atoms with Crippen LogP contribution in [0.4, 0.5) is 0 Å². The van der Waals surface area contributed by atoms with E-state index in [-0.39, 0.29) is 31.6 Å². The van der Waals surface area contributed by atoms with Crippen molar-refractivity contribution >= 4 is 11.6 Å². The van der Waals surface area contributed by atoms with Crippen molar-refractivity contribution in [3.8, 4) is 0 Å². The van der Waals surface area contributed by atoms with Gasteiger partial charge in [-0.3, -0.25) is 9.59 Å². The van der Waals surface area contributed by atoms with Crippen LogP contribution in [0.1, 0.15) is 33.1 Å². The highest BCUT2D eigenvalue weighted by Crippen LogP contribution is 2.00. The van der Waals surface area contributed by atoms with Gasteiger partial charge in [0.2, 0.25) is 0 Å². The molecule has 0 aromatic heterocycles. The van der Waals surface area contributed by atoms with Gasteiger partial charge in [0, 0.05) is 0 Å². The highest BCUT2D eigenvalue weighted by molar-refractivity contribution is 6.08. The minimum Gasteiger partial charge on any atom is -0.371 e. The Balaban J connectivity index is 4.07. The van der Waals surface area contributed by atoms with Crippen LogP contribution in [0.2, 0.25) is 0 Å². The number of aliphatic hydroxyl groups excluding tert-OH is 2. The highest BCUT2D eigenvalue weighted by Gasteiger charge is 2.02. The maximum Gasteiger partial charge on any atom is 0.163 e. The van der Waals surface area contributed by atoms with Gasteiger partial charge >= 0.3 is 0 Å². The molecule has 0 spiro atoms. The maximum absolute atomic E-state index is 11.7. The summed E-state index contributed by atoms with van der Waals surface area (Å²) in [6.45, 7) is 3.79. The summed E-state index contributed by atoms with van der Waals surface area (Å²) in [6, 6.07) is 0. The van der Waals surface area contributed by atoms with Crippen LogP contribution in [-0.2, 0) is 19.1 Å². The van der Waals surface area contributed by atoms with Crippen molar-refractivity contribution < 1.29 is 29.3 Å². The van der Waals surface area contributed by atoms with Gasteiger partial charge in [0.1, 0.15) is 13.6 Å². The van der Waals surface area contributed by atoms with Crippen molar-refractivity contribution in [2.45, 2.75) is 33.1 Å². The number of ether oxygens (including phenoxy) is 2. The zero-order valence-corrected chi connectivity index (χ0v) is 14.9. The number of hydrogen-bond acceptors (Lipinski definition) is 6. The molecule has 6 heteroatoms. The molecule has 0 aliphatic rings. The summed E-state index contributed by atoms with van der Waals surface area (Å²) in [5.41, 5.74) is 1.91. The molecule has 2 N–H and O–H groups in total. The predicted molar refractivity (Wildman–Crippen MR) is 95.7 cm³/mol. The van der Waals surface area contributed by atoms with Crippen LogP contribution in [0.25, 0.3) is 0 Å². The van der Waals surface area contributed by atoms with Crippen molar-refractivity contribution in [2.75, 3.05) is 26.8 Å². The molecule has 0 radical (unpaired) electrons. The summed E-state index contributed by atoms with van der Waals surface area (Å²) in [7, 11) is 0. The zero-order valence-electron chi connectivity index (χ0n) is 14.9. The normalized spacial score (nSPS) is 13.1. The van der Waals surface area contributed by atoms with Crippen molar-refractivity contribution in [1.29, 1.82) is 0 Å². The van der Waals surface area contributed by atoms with Crippen molar-refractivity contribution in [1.82, 2.24) is 0 Å². The van der Waals surface area contributed by atoms with Gasteiger partial charge in [-0.05, 0) is 38.8 Å². The number of ketones is 2. The minimum absolute atomic E-state index is 0.153. The van der Waals surface area contributed by atoms with Crippen molar-refractivity contribution in [2.24, 2.45) is 0 Å². The molecule has 140 valence electrons. The molecule has 0 aliphatic heterocycles. The number of hydrogen-bond donors (Lipinski definition) is 2. The fourth-order valence-corrected chi connectivity index (χ4v) is 1.76. The lowest BCUT2D eigenvalue weighted by atomic mass is 10.1. The Morgan fingerprint density at radius 1 is 0.800 bits per heavy atom. The molecule has 0 aromatic rings. The number of aliphatic hydroxyl groups is 2. The van der Waals surface area contributed by atoms with E-state index in [2.05, 4.69) is 0 Å². The summed E-state index contributed by atoms with van der Waals surface area (Å²) >= 11 is 0. The van der Waals surface area contributed by atoms with Crippen LogP contribution in [0, 0.1) is 0 Å². The van der Waals surface area contributed by atoms with Gasteiger partial charge in [-0.1, -0.05) is 35.5 Å². The molecule has 6 nitrogen and oxygen atoms in total. The number of carbonyl (C=O) groups is 2. The SMILES string of the molecule is C/C(=C\C/C=C/C(=O)CC(=O)/C=C/C/C=C(\C)COCO)COCO. The second kappa shape index (κ2) is 15.7. The third kappa shape index (κ3) is 15.4. The monoisotopic (exact) mass is 352 g/mol. The third-order valence-electron chi connectivity index (χ3n) is 3.00. The number of carbonyl (C=O) groups excluding carboxylic acids is 2. The molecule has 0 heterocycles. The van der Waals surface area contributed by atoms with E-state index in [1.165, 1.54) is 12.2 Å². The Kier molecular flexibility index (Phi) is 14.5. The molecule has 0 fully saturated rings. The molecule has 0 rings (SSSR count). The van der Waals surface area contributed by atoms with E-state index >= 15 is 0 Å². The van der Waals surface area contributed by atoms with E-state index < -0.39 is 0 Å². The molecule has 0 aliphatic carbocycles. The van der Waals surface area contributed by atoms with E-state index in [9.17, 15) is 9.59 Å². The lowest BCUT2D eigenvalue weighted by molar-refractivity contribution is -0.121. The standard InChI is InChI=1S/C19H28O6/c1-16(12-24-14-20)7-3-5-9-18(22)11-19(23)10-6-4-8-17(2)13-25-15-21/h5-10,20-21H,3-4,11-15H2,1-2H3/b9-5+,10-6+,16-7+,17-8+. The molecule has 0 atom stereocenters.